The van der Waals surface area contributed by atoms with E-state index in [1.54, 1.807) is 0 Å². The van der Waals surface area contributed by atoms with E-state index in [9.17, 15) is 4.79 Å². The lowest BCUT2D eigenvalue weighted by Crippen LogP contribution is -2.39. The molecule has 6 nitrogen and oxygen atoms in total. The van der Waals surface area contributed by atoms with Crippen molar-refractivity contribution in [3.05, 3.63) is 22.4 Å². The fourth-order valence-corrected chi connectivity index (χ4v) is 4.27. The van der Waals surface area contributed by atoms with Gasteiger partial charge in [0.1, 0.15) is 0 Å². The Morgan fingerprint density at radius 1 is 1.33 bits per heavy atom. The molecule has 0 aromatic carbocycles. The van der Waals surface area contributed by atoms with Crippen LogP contribution in [-0.2, 0) is 4.79 Å². The van der Waals surface area contributed by atoms with E-state index in [0.717, 1.165) is 57.9 Å². The number of hydrogen-bond acceptors (Lipinski definition) is 4. The summed E-state index contributed by atoms with van der Waals surface area (Å²) in [5, 5.41) is 11.9. The Kier molecular flexibility index (Phi) is 7.95. The number of thiophene rings is 1. The van der Waals surface area contributed by atoms with Gasteiger partial charge in [-0.05, 0) is 63.6 Å². The van der Waals surface area contributed by atoms with Gasteiger partial charge in [-0.2, -0.15) is 0 Å². The topological polar surface area (TPSA) is 68.8 Å². The molecule has 1 aliphatic carbocycles. The zero-order valence-corrected chi connectivity index (χ0v) is 17.2. The molecular formula is C20H33N5OS. The van der Waals surface area contributed by atoms with Crippen LogP contribution >= 0.6 is 11.3 Å². The molecule has 1 aliphatic heterocycles. The molecule has 2 heterocycles. The van der Waals surface area contributed by atoms with E-state index in [0.29, 0.717) is 18.5 Å². The summed E-state index contributed by atoms with van der Waals surface area (Å²) in [6, 6.07) is 5.17. The minimum atomic E-state index is 0.174. The highest BCUT2D eigenvalue weighted by atomic mass is 32.1. The third-order valence-corrected chi connectivity index (χ3v) is 6.01. The summed E-state index contributed by atoms with van der Waals surface area (Å²) in [5.41, 5.74) is 0. The monoisotopic (exact) mass is 391 g/mol. The molecule has 1 aromatic heterocycles. The molecule has 3 rings (SSSR count). The summed E-state index contributed by atoms with van der Waals surface area (Å²) < 4.78 is 0. The van der Waals surface area contributed by atoms with E-state index in [1.165, 1.54) is 17.7 Å². The van der Waals surface area contributed by atoms with E-state index >= 15 is 0 Å². The Labute approximate surface area is 166 Å². The first kappa shape index (κ1) is 20.1. The molecule has 1 amide bonds. The van der Waals surface area contributed by atoms with E-state index in [1.807, 2.05) is 11.3 Å². The molecule has 1 saturated carbocycles. The number of amides is 1. The number of carbonyl (C=O) groups is 1. The van der Waals surface area contributed by atoms with Crippen LogP contribution in [0, 0.1) is 0 Å². The molecule has 27 heavy (non-hydrogen) atoms. The maximum absolute atomic E-state index is 11.8. The smallest absolute Gasteiger partial charge is 0.220 e. The quantitative estimate of drug-likeness (QED) is 0.326. The van der Waals surface area contributed by atoms with E-state index in [2.05, 4.69) is 45.3 Å². The fourth-order valence-electron chi connectivity index (χ4n) is 3.42. The zero-order valence-electron chi connectivity index (χ0n) is 16.4. The van der Waals surface area contributed by atoms with E-state index in [4.69, 9.17) is 4.99 Å². The first-order chi connectivity index (χ1) is 13.3. The molecule has 0 bridgehead atoms. The fraction of sp³-hybridized carbons (Fsp3) is 0.700. The molecule has 2 fully saturated rings. The van der Waals surface area contributed by atoms with Crippen LogP contribution in [0.25, 0.3) is 0 Å². The number of guanidine groups is 1. The van der Waals surface area contributed by atoms with Crippen molar-refractivity contribution in [2.45, 2.75) is 57.5 Å². The van der Waals surface area contributed by atoms with Crippen LogP contribution in [0.2, 0.25) is 0 Å². The Bertz CT molecular complexity index is 594. The number of rotatable bonds is 10. The summed E-state index contributed by atoms with van der Waals surface area (Å²) in [6.45, 7) is 6.77. The van der Waals surface area contributed by atoms with Gasteiger partial charge >= 0.3 is 0 Å². The third-order valence-electron chi connectivity index (χ3n) is 5.04. The van der Waals surface area contributed by atoms with Gasteiger partial charge in [0.15, 0.2) is 5.96 Å². The Balaban J connectivity index is 1.47. The second-order valence-corrected chi connectivity index (χ2v) is 8.35. The molecule has 1 saturated heterocycles. The lowest BCUT2D eigenvalue weighted by atomic mass is 10.2. The van der Waals surface area contributed by atoms with Crippen LogP contribution in [0.15, 0.2) is 22.5 Å². The SMILES string of the molecule is CCNC(=NCC(c1cccs1)N1CCCC1)NCCCC(=O)NC1CC1. The maximum atomic E-state index is 11.8. The summed E-state index contributed by atoms with van der Waals surface area (Å²) in [6.07, 6.45) is 6.25. The van der Waals surface area contributed by atoms with Crippen molar-refractivity contribution in [3.63, 3.8) is 0 Å². The van der Waals surface area contributed by atoms with E-state index < -0.39 is 0 Å². The van der Waals surface area contributed by atoms with Crippen molar-refractivity contribution in [3.8, 4) is 0 Å². The predicted molar refractivity (Wildman–Crippen MR) is 112 cm³/mol. The molecular weight excluding hydrogens is 358 g/mol. The predicted octanol–water partition coefficient (Wildman–Crippen LogP) is 2.50. The highest BCUT2D eigenvalue weighted by molar-refractivity contribution is 7.10. The van der Waals surface area contributed by atoms with Crippen molar-refractivity contribution in [2.24, 2.45) is 4.99 Å². The van der Waals surface area contributed by atoms with E-state index in [-0.39, 0.29) is 5.91 Å². The van der Waals surface area contributed by atoms with Gasteiger partial charge in [0.25, 0.3) is 0 Å². The number of likely N-dealkylation sites (tertiary alicyclic amines) is 1. The number of carbonyl (C=O) groups excluding carboxylic acids is 1. The Morgan fingerprint density at radius 3 is 2.81 bits per heavy atom. The summed E-state index contributed by atoms with van der Waals surface area (Å²) >= 11 is 1.82. The second-order valence-electron chi connectivity index (χ2n) is 7.37. The van der Waals surface area contributed by atoms with Gasteiger partial charge in [0.2, 0.25) is 5.91 Å². The van der Waals surface area contributed by atoms with Crippen molar-refractivity contribution in [1.29, 1.82) is 0 Å². The largest absolute Gasteiger partial charge is 0.357 e. The Morgan fingerprint density at radius 2 is 2.15 bits per heavy atom. The Hall–Kier alpha value is -1.60. The first-order valence-corrected chi connectivity index (χ1v) is 11.2. The summed E-state index contributed by atoms with van der Waals surface area (Å²) in [4.78, 5) is 20.6. The molecule has 1 unspecified atom stereocenters. The van der Waals surface area contributed by atoms with Gasteiger partial charge in [-0.15, -0.1) is 11.3 Å². The second kappa shape index (κ2) is 10.7. The number of nitrogens with one attached hydrogen (secondary N) is 3. The molecule has 0 radical (unpaired) electrons. The van der Waals surface area contributed by atoms with Crippen molar-refractivity contribution in [2.75, 3.05) is 32.7 Å². The number of aliphatic imine (C=N–C) groups is 1. The molecule has 2 aliphatic rings. The van der Waals surface area contributed by atoms with Crippen LogP contribution in [0.3, 0.4) is 0 Å². The molecule has 3 N–H and O–H groups in total. The van der Waals surface area contributed by atoms with Crippen LogP contribution < -0.4 is 16.0 Å². The normalized spacial score (nSPS) is 19.1. The van der Waals surface area contributed by atoms with Gasteiger partial charge in [-0.25, -0.2) is 0 Å². The third kappa shape index (κ3) is 6.81. The van der Waals surface area contributed by atoms with Gasteiger partial charge in [0, 0.05) is 30.4 Å². The molecule has 1 aromatic rings. The molecule has 150 valence electrons. The van der Waals surface area contributed by atoms with Gasteiger partial charge < -0.3 is 16.0 Å². The lowest BCUT2D eigenvalue weighted by Gasteiger charge is -2.25. The minimum Gasteiger partial charge on any atom is -0.357 e. The molecule has 0 spiro atoms. The van der Waals surface area contributed by atoms with Crippen molar-refractivity contribution >= 4 is 23.2 Å². The van der Waals surface area contributed by atoms with Gasteiger partial charge in [-0.1, -0.05) is 6.07 Å². The summed E-state index contributed by atoms with van der Waals surface area (Å²) in [7, 11) is 0. The molecule has 1 atom stereocenters. The average molecular weight is 392 g/mol. The molecule has 7 heteroatoms. The maximum Gasteiger partial charge on any atom is 0.220 e. The van der Waals surface area contributed by atoms with Gasteiger partial charge in [-0.3, -0.25) is 14.7 Å². The first-order valence-electron chi connectivity index (χ1n) is 10.3. The van der Waals surface area contributed by atoms with Crippen molar-refractivity contribution < 1.29 is 4.79 Å². The number of nitrogens with zero attached hydrogens (tertiary/aromatic N) is 2. The minimum absolute atomic E-state index is 0.174. The lowest BCUT2D eigenvalue weighted by molar-refractivity contribution is -0.121. The number of hydrogen-bond donors (Lipinski definition) is 3. The summed E-state index contributed by atoms with van der Waals surface area (Å²) in [5.74, 6) is 1.02. The van der Waals surface area contributed by atoms with Crippen LogP contribution in [0.1, 0.15) is 56.4 Å². The standard InChI is InChI=1S/C20H33N5OS/c1-2-21-20(22-11-5-8-19(26)24-16-9-10-16)23-15-17(18-7-6-14-27-18)25-12-3-4-13-25/h6-7,14,16-17H,2-5,8-13,15H2,1H3,(H,24,26)(H2,21,22,23). The highest BCUT2D eigenvalue weighted by Crippen LogP contribution is 2.28. The van der Waals surface area contributed by atoms with Crippen molar-refractivity contribution in [1.82, 2.24) is 20.9 Å². The van der Waals surface area contributed by atoms with Gasteiger partial charge in [0.05, 0.1) is 12.6 Å². The van der Waals surface area contributed by atoms with Crippen LogP contribution in [-0.4, -0.2) is 55.5 Å². The highest BCUT2D eigenvalue weighted by Gasteiger charge is 2.24. The zero-order chi connectivity index (χ0) is 18.9. The van der Waals surface area contributed by atoms with Crippen LogP contribution in [0.4, 0.5) is 0 Å². The van der Waals surface area contributed by atoms with Crippen LogP contribution in [0.5, 0.6) is 0 Å². The average Bonchev–Trinajstić information content (AvgIpc) is 3.13.